The Morgan fingerprint density at radius 3 is 2.67 bits per heavy atom. The zero-order valence-corrected chi connectivity index (χ0v) is 9.79. The third kappa shape index (κ3) is 3.05. The quantitative estimate of drug-likeness (QED) is 0.756. The van der Waals surface area contributed by atoms with Gasteiger partial charge in [-0.1, -0.05) is 6.92 Å². The Kier molecular flexibility index (Phi) is 4.28. The van der Waals surface area contributed by atoms with Crippen molar-refractivity contribution in [2.24, 2.45) is 0 Å². The fraction of sp³-hybridized carbons (Fsp3) is 0.500. The number of hydrogen-bond acceptors (Lipinski definition) is 3. The minimum absolute atomic E-state index is 0.644. The van der Waals surface area contributed by atoms with Crippen molar-refractivity contribution in [3.8, 4) is 5.75 Å². The highest BCUT2D eigenvalue weighted by atomic mass is 16.5. The van der Waals surface area contributed by atoms with Crippen LogP contribution in [0.4, 0.5) is 11.4 Å². The molecule has 0 fully saturated rings. The van der Waals surface area contributed by atoms with E-state index in [-0.39, 0.29) is 0 Å². The van der Waals surface area contributed by atoms with Gasteiger partial charge in [0.05, 0.1) is 12.3 Å². The molecular formula is C12H20N2O. The lowest BCUT2D eigenvalue weighted by molar-refractivity contribution is 0.342. The topological polar surface area (TPSA) is 38.5 Å². The zero-order chi connectivity index (χ0) is 11.3. The molecule has 15 heavy (non-hydrogen) atoms. The molecule has 3 heteroatoms. The van der Waals surface area contributed by atoms with Crippen LogP contribution in [0, 0.1) is 0 Å². The second kappa shape index (κ2) is 5.49. The Morgan fingerprint density at radius 1 is 1.33 bits per heavy atom. The predicted octanol–water partition coefficient (Wildman–Crippen LogP) is 2.51. The van der Waals surface area contributed by atoms with Crippen LogP contribution in [-0.4, -0.2) is 20.2 Å². The monoisotopic (exact) mass is 208 g/mol. The molecule has 2 N–H and O–H groups in total. The third-order valence-corrected chi connectivity index (χ3v) is 2.30. The summed E-state index contributed by atoms with van der Waals surface area (Å²) < 4.78 is 5.45. The molecule has 1 aromatic rings. The van der Waals surface area contributed by atoms with Crippen molar-refractivity contribution in [2.45, 2.75) is 20.3 Å². The van der Waals surface area contributed by atoms with E-state index in [2.05, 4.69) is 18.9 Å². The summed E-state index contributed by atoms with van der Waals surface area (Å²) in [5, 5.41) is 0. The fourth-order valence-electron chi connectivity index (χ4n) is 1.51. The molecule has 3 nitrogen and oxygen atoms in total. The van der Waals surface area contributed by atoms with Crippen LogP contribution in [0.25, 0.3) is 0 Å². The molecule has 1 rings (SSSR count). The SMILES string of the molecule is CCCN(C)c1ccc(N)c(OCC)c1. The van der Waals surface area contributed by atoms with E-state index in [1.807, 2.05) is 25.1 Å². The fourth-order valence-corrected chi connectivity index (χ4v) is 1.51. The minimum atomic E-state index is 0.644. The highest BCUT2D eigenvalue weighted by Gasteiger charge is 2.04. The molecule has 0 saturated carbocycles. The van der Waals surface area contributed by atoms with Crippen LogP contribution in [0.5, 0.6) is 5.75 Å². The van der Waals surface area contributed by atoms with Crippen molar-refractivity contribution in [1.29, 1.82) is 0 Å². The molecular weight excluding hydrogens is 188 g/mol. The lowest BCUT2D eigenvalue weighted by Gasteiger charge is -2.19. The number of rotatable bonds is 5. The first kappa shape index (κ1) is 11.7. The van der Waals surface area contributed by atoms with E-state index in [4.69, 9.17) is 10.5 Å². The van der Waals surface area contributed by atoms with Crippen LogP contribution in [0.2, 0.25) is 0 Å². The zero-order valence-electron chi connectivity index (χ0n) is 9.79. The predicted molar refractivity (Wildman–Crippen MR) is 65.6 cm³/mol. The molecule has 0 radical (unpaired) electrons. The van der Waals surface area contributed by atoms with Gasteiger partial charge in [0.2, 0.25) is 0 Å². The van der Waals surface area contributed by atoms with Gasteiger partial charge in [-0.2, -0.15) is 0 Å². The average molecular weight is 208 g/mol. The van der Waals surface area contributed by atoms with Crippen molar-refractivity contribution in [2.75, 3.05) is 30.8 Å². The molecule has 0 amide bonds. The summed E-state index contributed by atoms with van der Waals surface area (Å²) in [6.45, 7) is 5.81. The molecule has 0 aromatic heterocycles. The summed E-state index contributed by atoms with van der Waals surface area (Å²) in [6.07, 6.45) is 1.13. The number of benzene rings is 1. The largest absolute Gasteiger partial charge is 0.492 e. The van der Waals surface area contributed by atoms with Crippen molar-refractivity contribution in [3.63, 3.8) is 0 Å². The first-order valence-electron chi connectivity index (χ1n) is 5.42. The van der Waals surface area contributed by atoms with Crippen LogP contribution in [-0.2, 0) is 0 Å². The molecule has 84 valence electrons. The number of nitrogens with zero attached hydrogens (tertiary/aromatic N) is 1. The molecule has 0 unspecified atom stereocenters. The molecule has 0 heterocycles. The van der Waals surface area contributed by atoms with Gasteiger partial charge in [-0.3, -0.25) is 0 Å². The lowest BCUT2D eigenvalue weighted by atomic mass is 10.2. The molecule has 0 aliphatic rings. The second-order valence-corrected chi connectivity index (χ2v) is 3.58. The van der Waals surface area contributed by atoms with Gasteiger partial charge in [-0.25, -0.2) is 0 Å². The van der Waals surface area contributed by atoms with Gasteiger partial charge in [0.1, 0.15) is 5.75 Å². The Bertz CT molecular complexity index is 312. The Morgan fingerprint density at radius 2 is 2.07 bits per heavy atom. The van der Waals surface area contributed by atoms with Crippen molar-refractivity contribution in [3.05, 3.63) is 18.2 Å². The number of nitrogen functional groups attached to an aromatic ring is 1. The van der Waals surface area contributed by atoms with Gasteiger partial charge in [-0.15, -0.1) is 0 Å². The van der Waals surface area contributed by atoms with Crippen LogP contribution in [0.1, 0.15) is 20.3 Å². The lowest BCUT2D eigenvalue weighted by Crippen LogP contribution is -2.17. The molecule has 0 saturated heterocycles. The smallest absolute Gasteiger partial charge is 0.144 e. The number of nitrogens with two attached hydrogens (primary N) is 1. The standard InChI is InChI=1S/C12H20N2O/c1-4-8-14(3)10-6-7-11(13)12(9-10)15-5-2/h6-7,9H,4-5,8,13H2,1-3H3. The maximum atomic E-state index is 5.81. The molecule has 0 spiro atoms. The second-order valence-electron chi connectivity index (χ2n) is 3.58. The highest BCUT2D eigenvalue weighted by Crippen LogP contribution is 2.27. The van der Waals surface area contributed by atoms with E-state index in [0.29, 0.717) is 12.3 Å². The molecule has 1 aromatic carbocycles. The summed E-state index contributed by atoms with van der Waals surface area (Å²) in [5.41, 5.74) is 7.65. The number of hydrogen-bond donors (Lipinski definition) is 1. The number of ether oxygens (including phenoxy) is 1. The van der Waals surface area contributed by atoms with Crippen molar-refractivity contribution < 1.29 is 4.74 Å². The van der Waals surface area contributed by atoms with Crippen LogP contribution in [0.15, 0.2) is 18.2 Å². The summed E-state index contributed by atoms with van der Waals surface area (Å²) >= 11 is 0. The number of anilines is 2. The third-order valence-electron chi connectivity index (χ3n) is 2.30. The maximum absolute atomic E-state index is 5.81. The summed E-state index contributed by atoms with van der Waals surface area (Å²) in [6, 6.07) is 5.91. The van der Waals surface area contributed by atoms with Crippen LogP contribution < -0.4 is 15.4 Å². The van der Waals surface area contributed by atoms with Gasteiger partial charge >= 0.3 is 0 Å². The first-order chi connectivity index (χ1) is 7.19. The summed E-state index contributed by atoms with van der Waals surface area (Å²) in [5.74, 6) is 0.776. The highest BCUT2D eigenvalue weighted by molar-refractivity contribution is 5.62. The Balaban J connectivity index is 2.86. The average Bonchev–Trinajstić information content (AvgIpc) is 2.22. The van der Waals surface area contributed by atoms with Crippen LogP contribution in [0.3, 0.4) is 0 Å². The van der Waals surface area contributed by atoms with Gasteiger partial charge in [-0.05, 0) is 25.5 Å². The van der Waals surface area contributed by atoms with E-state index in [1.54, 1.807) is 0 Å². The molecule has 0 bridgehead atoms. The Labute approximate surface area is 91.8 Å². The van der Waals surface area contributed by atoms with Gasteiger partial charge in [0.25, 0.3) is 0 Å². The van der Waals surface area contributed by atoms with Crippen molar-refractivity contribution >= 4 is 11.4 Å². The van der Waals surface area contributed by atoms with E-state index in [9.17, 15) is 0 Å². The summed E-state index contributed by atoms with van der Waals surface area (Å²) in [4.78, 5) is 2.20. The van der Waals surface area contributed by atoms with Gasteiger partial charge < -0.3 is 15.4 Å². The van der Waals surface area contributed by atoms with E-state index < -0.39 is 0 Å². The van der Waals surface area contributed by atoms with Gasteiger partial charge in [0.15, 0.2) is 0 Å². The maximum Gasteiger partial charge on any atom is 0.144 e. The minimum Gasteiger partial charge on any atom is -0.492 e. The molecule has 0 atom stereocenters. The molecule has 0 aliphatic carbocycles. The normalized spacial score (nSPS) is 10.1. The summed E-state index contributed by atoms with van der Waals surface area (Å²) in [7, 11) is 2.07. The van der Waals surface area contributed by atoms with E-state index in [0.717, 1.165) is 24.4 Å². The molecule has 0 aliphatic heterocycles. The van der Waals surface area contributed by atoms with Crippen LogP contribution >= 0.6 is 0 Å². The Hall–Kier alpha value is -1.38. The van der Waals surface area contributed by atoms with Crippen molar-refractivity contribution in [1.82, 2.24) is 0 Å². The van der Waals surface area contributed by atoms with E-state index >= 15 is 0 Å². The van der Waals surface area contributed by atoms with E-state index in [1.165, 1.54) is 0 Å². The first-order valence-corrected chi connectivity index (χ1v) is 5.42. The van der Waals surface area contributed by atoms with Gasteiger partial charge in [0, 0.05) is 25.3 Å².